The molecule has 1 fully saturated rings. The van der Waals surface area contributed by atoms with Crippen LogP contribution in [0.25, 0.3) is 17.2 Å². The van der Waals surface area contributed by atoms with Crippen molar-refractivity contribution in [2.45, 2.75) is 32.7 Å². The summed E-state index contributed by atoms with van der Waals surface area (Å²) in [5.74, 6) is -0.412. The monoisotopic (exact) mass is 489 g/mol. The maximum atomic E-state index is 14.3. The third-order valence-electron chi connectivity index (χ3n) is 6.27. The van der Waals surface area contributed by atoms with Crippen LogP contribution in [0.4, 0.5) is 10.1 Å². The summed E-state index contributed by atoms with van der Waals surface area (Å²) in [5, 5.41) is 9.64. The molecule has 0 spiro atoms. The van der Waals surface area contributed by atoms with Gasteiger partial charge in [0.2, 0.25) is 0 Å². The van der Waals surface area contributed by atoms with Gasteiger partial charge in [-0.3, -0.25) is 0 Å². The lowest BCUT2D eigenvalue weighted by Crippen LogP contribution is -2.25. The van der Waals surface area contributed by atoms with E-state index in [0.29, 0.717) is 37.3 Å². The smallest absolute Gasteiger partial charge is 0.331 e. The number of rotatable bonds is 6. The van der Waals surface area contributed by atoms with Crippen LogP contribution in [-0.4, -0.2) is 37.4 Å². The van der Waals surface area contributed by atoms with Gasteiger partial charge in [0.15, 0.2) is 0 Å². The van der Waals surface area contributed by atoms with Gasteiger partial charge in [-0.25, -0.2) is 9.18 Å². The molecule has 2 aliphatic rings. The van der Waals surface area contributed by atoms with E-state index in [-0.39, 0.29) is 5.82 Å². The van der Waals surface area contributed by atoms with Crippen molar-refractivity contribution >= 4 is 17.7 Å². The summed E-state index contributed by atoms with van der Waals surface area (Å²) in [6.07, 6.45) is 4.66. The van der Waals surface area contributed by atoms with Crippen LogP contribution in [-0.2, 0) is 16.1 Å². The molecular formula is C30H32FNO4. The van der Waals surface area contributed by atoms with Gasteiger partial charge in [0.25, 0.3) is 0 Å². The molecule has 188 valence electrons. The van der Waals surface area contributed by atoms with Crippen LogP contribution >= 0.6 is 0 Å². The van der Waals surface area contributed by atoms with E-state index in [0.717, 1.165) is 41.3 Å². The minimum absolute atomic E-state index is 0.262. The van der Waals surface area contributed by atoms with Crippen molar-refractivity contribution in [1.82, 2.24) is 0 Å². The molecule has 0 aromatic heterocycles. The molecule has 6 heteroatoms. The van der Waals surface area contributed by atoms with Crippen LogP contribution in [0.15, 0.2) is 72.3 Å². The van der Waals surface area contributed by atoms with Gasteiger partial charge in [0, 0.05) is 48.7 Å². The van der Waals surface area contributed by atoms with Gasteiger partial charge in [-0.2, -0.15) is 0 Å². The molecule has 1 saturated heterocycles. The van der Waals surface area contributed by atoms with E-state index >= 15 is 0 Å². The Morgan fingerprint density at radius 2 is 1.81 bits per heavy atom. The molecule has 0 amide bonds. The lowest BCUT2D eigenvalue weighted by atomic mass is 9.99. The Labute approximate surface area is 211 Å². The van der Waals surface area contributed by atoms with Crippen LogP contribution in [0.2, 0.25) is 0 Å². The number of carboxylic acid groups (broad SMARTS) is 1. The molecule has 3 aromatic rings. The molecule has 0 bridgehead atoms. The number of fused-ring (bicyclic) bond motifs is 1. The van der Waals surface area contributed by atoms with E-state index in [4.69, 9.17) is 9.47 Å². The first-order valence-corrected chi connectivity index (χ1v) is 12.4. The Kier molecular flexibility index (Phi) is 8.74. The number of carboxylic acids is 1. The Balaban J connectivity index is 0.000000543. The molecule has 2 aliphatic heterocycles. The SMILES string of the molecule is C1CCOC1.CCOc1ccccc1-c1ccc2c(c1)C=C(C(=O)O)CCN2Cc1ccccc1F. The zero-order chi connectivity index (χ0) is 25.3. The third kappa shape index (κ3) is 6.32. The number of benzene rings is 3. The number of ether oxygens (including phenoxy) is 2. The number of hydrogen-bond donors (Lipinski definition) is 1. The summed E-state index contributed by atoms with van der Waals surface area (Å²) in [6, 6.07) is 20.4. The quantitative estimate of drug-likeness (QED) is 0.425. The Hall–Kier alpha value is -3.64. The van der Waals surface area contributed by atoms with Crippen molar-refractivity contribution in [3.63, 3.8) is 0 Å². The van der Waals surface area contributed by atoms with E-state index < -0.39 is 5.97 Å². The highest BCUT2D eigenvalue weighted by atomic mass is 19.1. The highest BCUT2D eigenvalue weighted by molar-refractivity contribution is 5.94. The molecule has 5 nitrogen and oxygen atoms in total. The van der Waals surface area contributed by atoms with Gasteiger partial charge in [-0.05, 0) is 67.7 Å². The van der Waals surface area contributed by atoms with Gasteiger partial charge in [0.1, 0.15) is 11.6 Å². The highest BCUT2D eigenvalue weighted by Gasteiger charge is 2.21. The van der Waals surface area contributed by atoms with Gasteiger partial charge < -0.3 is 19.5 Å². The number of anilines is 1. The fourth-order valence-electron chi connectivity index (χ4n) is 4.42. The van der Waals surface area contributed by atoms with E-state index in [1.165, 1.54) is 18.9 Å². The second-order valence-electron chi connectivity index (χ2n) is 8.76. The summed E-state index contributed by atoms with van der Waals surface area (Å²) in [6.45, 7) is 5.36. The zero-order valence-electron chi connectivity index (χ0n) is 20.6. The number of hydrogen-bond acceptors (Lipinski definition) is 4. The van der Waals surface area contributed by atoms with Gasteiger partial charge >= 0.3 is 5.97 Å². The molecule has 0 aliphatic carbocycles. The van der Waals surface area contributed by atoms with E-state index in [2.05, 4.69) is 0 Å². The zero-order valence-corrected chi connectivity index (χ0v) is 20.6. The fourth-order valence-corrected chi connectivity index (χ4v) is 4.42. The van der Waals surface area contributed by atoms with Crippen LogP contribution in [0.5, 0.6) is 5.75 Å². The largest absolute Gasteiger partial charge is 0.493 e. The highest BCUT2D eigenvalue weighted by Crippen LogP contribution is 2.36. The van der Waals surface area contributed by atoms with Crippen molar-refractivity contribution in [1.29, 1.82) is 0 Å². The van der Waals surface area contributed by atoms with Gasteiger partial charge in [-0.1, -0.05) is 42.5 Å². The van der Waals surface area contributed by atoms with Crippen LogP contribution in [0.1, 0.15) is 37.3 Å². The predicted molar refractivity (Wildman–Crippen MR) is 141 cm³/mol. The second kappa shape index (κ2) is 12.4. The first-order chi connectivity index (χ1) is 17.6. The Morgan fingerprint density at radius 1 is 1.06 bits per heavy atom. The molecule has 1 N–H and O–H groups in total. The molecule has 36 heavy (non-hydrogen) atoms. The standard InChI is InChI=1S/C26H24FNO3.C4H8O/c1-2-31-25-10-6-4-8-22(25)18-11-12-24-21(15-18)16-19(26(29)30)13-14-28(24)17-20-7-3-5-9-23(20)27;1-2-4-5-3-1/h3-12,15-16H,2,13-14,17H2,1H3,(H,29,30);1-4H2. The minimum Gasteiger partial charge on any atom is -0.493 e. The van der Waals surface area contributed by atoms with Crippen LogP contribution in [0, 0.1) is 5.82 Å². The summed E-state index contributed by atoms with van der Waals surface area (Å²) in [4.78, 5) is 13.8. The second-order valence-corrected chi connectivity index (χ2v) is 8.76. The first-order valence-electron chi connectivity index (χ1n) is 12.4. The lowest BCUT2D eigenvalue weighted by Gasteiger charge is -2.26. The van der Waals surface area contributed by atoms with E-state index in [1.54, 1.807) is 18.2 Å². The van der Waals surface area contributed by atoms with Crippen molar-refractivity contribution in [3.8, 4) is 16.9 Å². The van der Waals surface area contributed by atoms with Crippen molar-refractivity contribution in [2.75, 3.05) is 31.3 Å². The molecule has 0 saturated carbocycles. The summed E-state index contributed by atoms with van der Waals surface area (Å²) in [5.41, 5.74) is 4.50. The maximum absolute atomic E-state index is 14.3. The molecule has 0 unspecified atom stereocenters. The average molecular weight is 490 g/mol. The van der Waals surface area contributed by atoms with Gasteiger partial charge in [-0.15, -0.1) is 0 Å². The molecule has 0 atom stereocenters. The number of carbonyl (C=O) groups is 1. The van der Waals surface area contributed by atoms with E-state index in [9.17, 15) is 14.3 Å². The first kappa shape index (κ1) is 25.5. The predicted octanol–water partition coefficient (Wildman–Crippen LogP) is 6.57. The molecule has 5 rings (SSSR count). The Bertz CT molecular complexity index is 1210. The number of para-hydroxylation sites is 1. The average Bonchev–Trinajstić information content (AvgIpc) is 3.42. The van der Waals surface area contributed by atoms with Crippen molar-refractivity contribution in [2.24, 2.45) is 0 Å². The van der Waals surface area contributed by atoms with Crippen molar-refractivity contribution in [3.05, 3.63) is 89.2 Å². The topological polar surface area (TPSA) is 59.0 Å². The maximum Gasteiger partial charge on any atom is 0.331 e. The Morgan fingerprint density at radius 3 is 2.50 bits per heavy atom. The number of aliphatic carboxylic acids is 1. The third-order valence-corrected chi connectivity index (χ3v) is 6.27. The molecule has 0 radical (unpaired) electrons. The minimum atomic E-state index is -0.932. The fraction of sp³-hybridized carbons (Fsp3) is 0.300. The van der Waals surface area contributed by atoms with Crippen LogP contribution in [0.3, 0.4) is 0 Å². The van der Waals surface area contributed by atoms with Crippen molar-refractivity contribution < 1.29 is 23.8 Å². The summed E-state index contributed by atoms with van der Waals surface area (Å²) in [7, 11) is 0. The van der Waals surface area contributed by atoms with Crippen LogP contribution < -0.4 is 9.64 Å². The van der Waals surface area contributed by atoms with E-state index in [1.807, 2.05) is 60.4 Å². The van der Waals surface area contributed by atoms with Gasteiger partial charge in [0.05, 0.1) is 6.61 Å². The number of nitrogens with zero attached hydrogens (tertiary/aromatic N) is 1. The summed E-state index contributed by atoms with van der Waals surface area (Å²) >= 11 is 0. The number of halogens is 1. The molecular weight excluding hydrogens is 457 g/mol. The molecule has 3 aromatic carbocycles. The normalized spacial score (nSPS) is 14.7. The molecule has 2 heterocycles. The lowest BCUT2D eigenvalue weighted by molar-refractivity contribution is -0.132. The summed E-state index contributed by atoms with van der Waals surface area (Å²) < 4.78 is 25.0.